The summed E-state index contributed by atoms with van der Waals surface area (Å²) in [5, 5.41) is 5.66. The van der Waals surface area contributed by atoms with Gasteiger partial charge in [-0.25, -0.2) is 0 Å². The van der Waals surface area contributed by atoms with Crippen molar-refractivity contribution in [1.82, 2.24) is 5.32 Å². The summed E-state index contributed by atoms with van der Waals surface area (Å²) in [6.45, 7) is 5.44. The van der Waals surface area contributed by atoms with E-state index in [0.29, 0.717) is 6.04 Å². The smallest absolute Gasteiger partial charge is 0.0327 e. The Morgan fingerprint density at radius 1 is 1.46 bits per heavy atom. The third-order valence-corrected chi connectivity index (χ3v) is 4.15. The summed E-state index contributed by atoms with van der Waals surface area (Å²) >= 11 is 5.33. The number of rotatable bonds is 5. The van der Waals surface area contributed by atoms with Crippen LogP contribution >= 0.6 is 27.3 Å². The van der Waals surface area contributed by atoms with Gasteiger partial charge in [-0.15, -0.1) is 11.3 Å². The Labute approximate surface area is 92.7 Å². The van der Waals surface area contributed by atoms with E-state index >= 15 is 0 Å². The summed E-state index contributed by atoms with van der Waals surface area (Å²) in [6, 6.07) is 2.77. The Morgan fingerprint density at radius 3 is 2.62 bits per heavy atom. The van der Waals surface area contributed by atoms with Crippen molar-refractivity contribution in [3.63, 3.8) is 0 Å². The molecule has 0 radical (unpaired) electrons. The van der Waals surface area contributed by atoms with E-state index in [2.05, 4.69) is 46.5 Å². The Morgan fingerprint density at radius 2 is 2.15 bits per heavy atom. The van der Waals surface area contributed by atoms with Crippen LogP contribution in [0.5, 0.6) is 0 Å². The molecule has 1 N–H and O–H groups in total. The fourth-order valence-corrected chi connectivity index (χ4v) is 2.71. The van der Waals surface area contributed by atoms with Gasteiger partial charge in [-0.1, -0.05) is 13.8 Å². The molecule has 1 aromatic rings. The zero-order valence-electron chi connectivity index (χ0n) is 8.14. The van der Waals surface area contributed by atoms with E-state index in [1.54, 1.807) is 11.3 Å². The lowest BCUT2D eigenvalue weighted by molar-refractivity contribution is 0.486. The molecule has 0 saturated carbocycles. The fourth-order valence-electron chi connectivity index (χ4n) is 1.27. The van der Waals surface area contributed by atoms with Crippen molar-refractivity contribution < 1.29 is 0 Å². The largest absolute Gasteiger partial charge is 0.309 e. The van der Waals surface area contributed by atoms with Gasteiger partial charge >= 0.3 is 0 Å². The van der Waals surface area contributed by atoms with Gasteiger partial charge in [-0.05, 0) is 40.2 Å². The van der Waals surface area contributed by atoms with Crippen LogP contribution in [-0.2, 0) is 6.54 Å². The summed E-state index contributed by atoms with van der Waals surface area (Å²) in [5.74, 6) is 0. The van der Waals surface area contributed by atoms with E-state index in [9.17, 15) is 0 Å². The van der Waals surface area contributed by atoms with E-state index < -0.39 is 0 Å². The topological polar surface area (TPSA) is 12.0 Å². The minimum Gasteiger partial charge on any atom is -0.309 e. The second kappa shape index (κ2) is 5.78. The lowest BCUT2D eigenvalue weighted by Gasteiger charge is -2.13. The first kappa shape index (κ1) is 11.2. The van der Waals surface area contributed by atoms with Crippen LogP contribution in [-0.4, -0.2) is 6.04 Å². The van der Waals surface area contributed by atoms with Crippen LogP contribution < -0.4 is 5.32 Å². The maximum absolute atomic E-state index is 3.54. The molecule has 13 heavy (non-hydrogen) atoms. The molecular weight excluding hydrogens is 246 g/mol. The van der Waals surface area contributed by atoms with Gasteiger partial charge in [0.2, 0.25) is 0 Å². The third kappa shape index (κ3) is 3.41. The number of hydrogen-bond acceptors (Lipinski definition) is 2. The van der Waals surface area contributed by atoms with Gasteiger partial charge in [0.05, 0.1) is 0 Å². The molecule has 3 heteroatoms. The van der Waals surface area contributed by atoms with Gasteiger partial charge < -0.3 is 5.32 Å². The first-order valence-corrected chi connectivity index (χ1v) is 6.40. The molecule has 0 aliphatic carbocycles. The van der Waals surface area contributed by atoms with Crippen LogP contribution in [0, 0.1) is 0 Å². The predicted octanol–water partition coefficient (Wildman–Crippen LogP) is 3.79. The number of hydrogen-bond donors (Lipinski definition) is 1. The summed E-state index contributed by atoms with van der Waals surface area (Å²) in [6.07, 6.45) is 2.42. The first-order chi connectivity index (χ1) is 6.27. The summed E-state index contributed by atoms with van der Waals surface area (Å²) in [7, 11) is 0. The maximum Gasteiger partial charge on any atom is 0.0327 e. The van der Waals surface area contributed by atoms with Crippen molar-refractivity contribution in [2.24, 2.45) is 0 Å². The Kier molecular flexibility index (Phi) is 4.99. The normalized spacial score (nSPS) is 11.1. The standard InChI is InChI=1S/C10H16BrNS/c1-3-8(4-2)12-7-10-9(11)5-6-13-10/h5-6,8,12H,3-4,7H2,1-2H3. The van der Waals surface area contributed by atoms with Gasteiger partial charge in [0.25, 0.3) is 0 Å². The first-order valence-electron chi connectivity index (χ1n) is 4.73. The third-order valence-electron chi connectivity index (χ3n) is 2.23. The highest BCUT2D eigenvalue weighted by atomic mass is 79.9. The molecule has 1 rings (SSSR count). The van der Waals surface area contributed by atoms with Crippen LogP contribution in [0.3, 0.4) is 0 Å². The second-order valence-electron chi connectivity index (χ2n) is 3.09. The van der Waals surface area contributed by atoms with Gasteiger partial charge in [0, 0.05) is 21.9 Å². The molecular formula is C10H16BrNS. The summed E-state index contributed by atoms with van der Waals surface area (Å²) < 4.78 is 1.23. The highest BCUT2D eigenvalue weighted by Gasteiger charge is 2.04. The SMILES string of the molecule is CCC(CC)NCc1sccc1Br. The van der Waals surface area contributed by atoms with E-state index in [0.717, 1.165) is 6.54 Å². The van der Waals surface area contributed by atoms with Crippen molar-refractivity contribution in [3.8, 4) is 0 Å². The van der Waals surface area contributed by atoms with Crippen LogP contribution in [0.2, 0.25) is 0 Å². The van der Waals surface area contributed by atoms with Crippen LogP contribution in [0.25, 0.3) is 0 Å². The molecule has 0 saturated heterocycles. The average Bonchev–Trinajstić information content (AvgIpc) is 2.54. The maximum atomic E-state index is 3.54. The minimum atomic E-state index is 0.661. The summed E-state index contributed by atoms with van der Waals surface area (Å²) in [4.78, 5) is 1.40. The van der Waals surface area contributed by atoms with Crippen molar-refractivity contribution in [2.75, 3.05) is 0 Å². The molecule has 0 aliphatic rings. The van der Waals surface area contributed by atoms with Gasteiger partial charge in [0.1, 0.15) is 0 Å². The van der Waals surface area contributed by atoms with E-state index in [1.165, 1.54) is 22.2 Å². The fraction of sp³-hybridized carbons (Fsp3) is 0.600. The van der Waals surface area contributed by atoms with Crippen LogP contribution in [0.15, 0.2) is 15.9 Å². The molecule has 0 fully saturated rings. The molecule has 1 aromatic heterocycles. The molecule has 0 aromatic carbocycles. The highest BCUT2D eigenvalue weighted by molar-refractivity contribution is 9.10. The van der Waals surface area contributed by atoms with Crippen LogP contribution in [0.4, 0.5) is 0 Å². The second-order valence-corrected chi connectivity index (χ2v) is 4.94. The zero-order valence-corrected chi connectivity index (χ0v) is 10.5. The molecule has 0 bridgehead atoms. The van der Waals surface area contributed by atoms with E-state index in [4.69, 9.17) is 0 Å². The number of thiophene rings is 1. The minimum absolute atomic E-state index is 0.661. The van der Waals surface area contributed by atoms with Crippen molar-refractivity contribution in [2.45, 2.75) is 39.3 Å². The van der Waals surface area contributed by atoms with Gasteiger partial charge in [-0.2, -0.15) is 0 Å². The number of nitrogens with one attached hydrogen (secondary N) is 1. The van der Waals surface area contributed by atoms with E-state index in [-0.39, 0.29) is 0 Å². The van der Waals surface area contributed by atoms with Crippen molar-refractivity contribution in [3.05, 3.63) is 20.8 Å². The predicted molar refractivity (Wildman–Crippen MR) is 63.2 cm³/mol. The van der Waals surface area contributed by atoms with Crippen molar-refractivity contribution in [1.29, 1.82) is 0 Å². The zero-order chi connectivity index (χ0) is 9.68. The lowest BCUT2D eigenvalue weighted by Crippen LogP contribution is -2.26. The molecule has 0 unspecified atom stereocenters. The van der Waals surface area contributed by atoms with Gasteiger partial charge in [-0.3, -0.25) is 0 Å². The quantitative estimate of drug-likeness (QED) is 0.851. The summed E-state index contributed by atoms with van der Waals surface area (Å²) in [5.41, 5.74) is 0. The molecule has 0 aliphatic heterocycles. The van der Waals surface area contributed by atoms with E-state index in [1.807, 2.05) is 0 Å². The molecule has 1 heterocycles. The van der Waals surface area contributed by atoms with Crippen molar-refractivity contribution >= 4 is 27.3 Å². The van der Waals surface area contributed by atoms with Gasteiger partial charge in [0.15, 0.2) is 0 Å². The Bertz CT molecular complexity index is 243. The molecule has 1 nitrogen and oxygen atoms in total. The lowest BCUT2D eigenvalue weighted by atomic mass is 10.2. The highest BCUT2D eigenvalue weighted by Crippen LogP contribution is 2.22. The Balaban J connectivity index is 2.38. The monoisotopic (exact) mass is 261 g/mol. The molecule has 74 valence electrons. The number of halogens is 1. The Hall–Kier alpha value is 0.140. The molecule has 0 amide bonds. The average molecular weight is 262 g/mol. The molecule has 0 spiro atoms. The van der Waals surface area contributed by atoms with Crippen LogP contribution in [0.1, 0.15) is 31.6 Å². The molecule has 0 atom stereocenters.